The number of hydrogen-bond donors (Lipinski definition) is 0. The minimum atomic E-state index is -0.796. The molecule has 0 saturated carbocycles. The standard InChI is InChI=1S/2C12H14O3/c2*1-8-5-4-6-10(7-8)11(9(2)13)12(14)15-3/h2*4-7,11H,1-3H3. The van der Waals surface area contributed by atoms with Crippen LogP contribution in [0.1, 0.15) is 47.9 Å². The third-order valence-electron chi connectivity index (χ3n) is 4.44. The van der Waals surface area contributed by atoms with Gasteiger partial charge >= 0.3 is 11.9 Å². The predicted octanol–water partition coefficient (Wildman–Crippen LogP) is 3.68. The number of ether oxygens (including phenoxy) is 2. The number of hydrogen-bond acceptors (Lipinski definition) is 6. The predicted molar refractivity (Wildman–Crippen MR) is 113 cm³/mol. The zero-order valence-electron chi connectivity index (χ0n) is 18.2. The van der Waals surface area contributed by atoms with E-state index in [2.05, 4.69) is 9.47 Å². The lowest BCUT2D eigenvalue weighted by Gasteiger charge is -2.11. The molecule has 0 aliphatic heterocycles. The molecule has 160 valence electrons. The van der Waals surface area contributed by atoms with Gasteiger partial charge in [0, 0.05) is 0 Å². The number of rotatable bonds is 6. The van der Waals surface area contributed by atoms with Gasteiger partial charge in [-0.2, -0.15) is 0 Å². The van der Waals surface area contributed by atoms with Crippen molar-refractivity contribution in [3.8, 4) is 0 Å². The lowest BCUT2D eigenvalue weighted by Crippen LogP contribution is -2.21. The fourth-order valence-electron chi connectivity index (χ4n) is 3.01. The molecule has 2 rings (SSSR count). The molecule has 0 spiro atoms. The molecular weight excluding hydrogens is 384 g/mol. The molecule has 30 heavy (non-hydrogen) atoms. The minimum Gasteiger partial charge on any atom is -0.468 e. The fourth-order valence-corrected chi connectivity index (χ4v) is 3.01. The Kier molecular flexibility index (Phi) is 9.62. The van der Waals surface area contributed by atoms with Gasteiger partial charge < -0.3 is 9.47 Å². The molecule has 0 amide bonds. The number of ketones is 2. The summed E-state index contributed by atoms with van der Waals surface area (Å²) in [5.41, 5.74) is 3.41. The molecule has 0 aliphatic carbocycles. The summed E-state index contributed by atoms with van der Waals surface area (Å²) in [6.45, 7) is 6.61. The Morgan fingerprint density at radius 2 is 1.00 bits per heavy atom. The third kappa shape index (κ3) is 6.95. The third-order valence-corrected chi connectivity index (χ3v) is 4.44. The zero-order valence-corrected chi connectivity index (χ0v) is 18.2. The van der Waals surface area contributed by atoms with Gasteiger partial charge in [-0.25, -0.2) is 0 Å². The van der Waals surface area contributed by atoms with E-state index in [0.717, 1.165) is 11.1 Å². The number of carbonyl (C=O) groups excluding carboxylic acids is 4. The normalized spacial score (nSPS) is 11.9. The highest BCUT2D eigenvalue weighted by Gasteiger charge is 2.26. The minimum absolute atomic E-state index is 0.201. The van der Waals surface area contributed by atoms with Crippen LogP contribution < -0.4 is 0 Å². The van der Waals surface area contributed by atoms with Crippen LogP contribution in [0.5, 0.6) is 0 Å². The van der Waals surface area contributed by atoms with E-state index in [9.17, 15) is 19.2 Å². The van der Waals surface area contributed by atoms with E-state index in [0.29, 0.717) is 11.1 Å². The van der Waals surface area contributed by atoms with Crippen molar-refractivity contribution in [2.45, 2.75) is 39.5 Å². The average Bonchev–Trinajstić information content (AvgIpc) is 2.68. The number of esters is 2. The summed E-state index contributed by atoms with van der Waals surface area (Å²) in [5.74, 6) is -3.01. The summed E-state index contributed by atoms with van der Waals surface area (Å²) in [6, 6.07) is 14.6. The fraction of sp³-hybridized carbons (Fsp3) is 0.333. The van der Waals surface area contributed by atoms with Gasteiger partial charge in [0.15, 0.2) is 0 Å². The molecule has 6 nitrogen and oxygen atoms in total. The number of benzene rings is 2. The highest BCUT2D eigenvalue weighted by atomic mass is 16.5. The van der Waals surface area contributed by atoms with Crippen molar-refractivity contribution in [1.29, 1.82) is 0 Å². The van der Waals surface area contributed by atoms with Crippen LogP contribution in [-0.4, -0.2) is 37.7 Å². The van der Waals surface area contributed by atoms with Crippen LogP contribution in [0.2, 0.25) is 0 Å². The summed E-state index contributed by atoms with van der Waals surface area (Å²) >= 11 is 0. The SMILES string of the molecule is COC(=O)C(C(C)=O)c1cccc(C)c1.COC(=O)C(C(C)=O)c1cccc(C)c1. The van der Waals surface area contributed by atoms with Crippen LogP contribution in [0, 0.1) is 13.8 Å². The zero-order chi connectivity index (χ0) is 22.8. The molecule has 0 radical (unpaired) electrons. The van der Waals surface area contributed by atoms with E-state index in [1.807, 2.05) is 50.2 Å². The van der Waals surface area contributed by atoms with Gasteiger partial charge in [0.25, 0.3) is 0 Å². The monoisotopic (exact) mass is 412 g/mol. The Hall–Kier alpha value is -3.28. The maximum absolute atomic E-state index is 11.4. The first-order valence-electron chi connectivity index (χ1n) is 9.42. The lowest BCUT2D eigenvalue weighted by atomic mass is 9.94. The van der Waals surface area contributed by atoms with Crippen molar-refractivity contribution in [3.63, 3.8) is 0 Å². The molecule has 2 unspecified atom stereocenters. The van der Waals surface area contributed by atoms with Gasteiger partial charge in [-0.3, -0.25) is 19.2 Å². The molecule has 0 aromatic heterocycles. The van der Waals surface area contributed by atoms with Crippen molar-refractivity contribution in [2.24, 2.45) is 0 Å². The Labute approximate surface area is 177 Å². The van der Waals surface area contributed by atoms with E-state index in [1.54, 1.807) is 12.1 Å². The lowest BCUT2D eigenvalue weighted by molar-refractivity contribution is -0.146. The molecule has 2 aromatic rings. The summed E-state index contributed by atoms with van der Waals surface area (Å²) < 4.78 is 9.22. The topological polar surface area (TPSA) is 86.7 Å². The molecule has 2 aromatic carbocycles. The Bertz CT molecular complexity index is 840. The van der Waals surface area contributed by atoms with Gasteiger partial charge in [-0.1, -0.05) is 59.7 Å². The molecule has 0 bridgehead atoms. The van der Waals surface area contributed by atoms with E-state index in [1.165, 1.54) is 28.1 Å². The van der Waals surface area contributed by atoms with Gasteiger partial charge in [0.05, 0.1) is 14.2 Å². The quantitative estimate of drug-likeness (QED) is 0.531. The van der Waals surface area contributed by atoms with E-state index >= 15 is 0 Å². The Morgan fingerprint density at radius 3 is 1.23 bits per heavy atom. The molecule has 6 heteroatoms. The summed E-state index contributed by atoms with van der Waals surface area (Å²) in [4.78, 5) is 45.6. The first-order chi connectivity index (χ1) is 14.1. The number of aryl methyl sites for hydroxylation is 2. The average molecular weight is 412 g/mol. The first kappa shape index (κ1) is 24.8. The largest absolute Gasteiger partial charge is 0.468 e. The van der Waals surface area contributed by atoms with E-state index in [4.69, 9.17) is 0 Å². The maximum Gasteiger partial charge on any atom is 0.320 e. The highest BCUT2D eigenvalue weighted by molar-refractivity contribution is 6.03. The van der Waals surface area contributed by atoms with E-state index in [-0.39, 0.29) is 11.6 Å². The second-order valence-corrected chi connectivity index (χ2v) is 6.96. The molecule has 0 heterocycles. The van der Waals surface area contributed by atoms with Crippen LogP contribution in [-0.2, 0) is 28.7 Å². The van der Waals surface area contributed by atoms with Crippen molar-refractivity contribution in [3.05, 3.63) is 70.8 Å². The van der Waals surface area contributed by atoms with E-state index < -0.39 is 23.8 Å². The molecule has 2 atom stereocenters. The highest BCUT2D eigenvalue weighted by Crippen LogP contribution is 2.20. The van der Waals surface area contributed by atoms with Crippen LogP contribution in [0.4, 0.5) is 0 Å². The first-order valence-corrected chi connectivity index (χ1v) is 9.42. The number of methoxy groups -OCH3 is 2. The van der Waals surface area contributed by atoms with Crippen molar-refractivity contribution < 1.29 is 28.7 Å². The molecular formula is C24H28O6. The molecule has 0 fully saturated rings. The second kappa shape index (κ2) is 11.7. The van der Waals surface area contributed by atoms with Crippen molar-refractivity contribution in [2.75, 3.05) is 14.2 Å². The van der Waals surface area contributed by atoms with Gasteiger partial charge in [-0.15, -0.1) is 0 Å². The number of Topliss-reactive ketones (excluding diaryl/α,β-unsaturated/α-hetero) is 2. The van der Waals surface area contributed by atoms with Crippen LogP contribution in [0.25, 0.3) is 0 Å². The summed E-state index contributed by atoms with van der Waals surface area (Å²) in [7, 11) is 2.57. The Balaban J connectivity index is 0.000000300. The van der Waals surface area contributed by atoms with Gasteiger partial charge in [-0.05, 0) is 38.8 Å². The van der Waals surface area contributed by atoms with Crippen LogP contribution in [0.3, 0.4) is 0 Å². The van der Waals surface area contributed by atoms with Crippen LogP contribution >= 0.6 is 0 Å². The summed E-state index contributed by atoms with van der Waals surface area (Å²) in [5, 5.41) is 0. The maximum atomic E-state index is 11.4. The van der Waals surface area contributed by atoms with Crippen LogP contribution in [0.15, 0.2) is 48.5 Å². The van der Waals surface area contributed by atoms with Gasteiger partial charge in [0.2, 0.25) is 0 Å². The number of carbonyl (C=O) groups is 4. The molecule has 0 saturated heterocycles. The molecule has 0 N–H and O–H groups in total. The second-order valence-electron chi connectivity index (χ2n) is 6.96. The van der Waals surface area contributed by atoms with Crippen molar-refractivity contribution >= 4 is 23.5 Å². The summed E-state index contributed by atoms with van der Waals surface area (Å²) in [6.07, 6.45) is 0. The molecule has 0 aliphatic rings. The van der Waals surface area contributed by atoms with Gasteiger partial charge in [0.1, 0.15) is 23.4 Å². The van der Waals surface area contributed by atoms with Crippen molar-refractivity contribution in [1.82, 2.24) is 0 Å². The Morgan fingerprint density at radius 1 is 0.667 bits per heavy atom. The smallest absolute Gasteiger partial charge is 0.320 e.